The number of carbonyl (C=O) groups excluding carboxylic acids is 1. The molecule has 212 valence electrons. The van der Waals surface area contributed by atoms with Crippen LogP contribution in [0.1, 0.15) is 126 Å². The lowest BCUT2D eigenvalue weighted by Crippen LogP contribution is -2.51. The maximum atomic E-state index is 12.4. The molecule has 0 bridgehead atoms. The summed E-state index contributed by atoms with van der Waals surface area (Å²) in [6.45, 7) is 16.7. The van der Waals surface area contributed by atoms with Crippen LogP contribution in [-0.2, 0) is 4.74 Å². The Morgan fingerprint density at radius 1 is 1.16 bits per heavy atom. The highest BCUT2D eigenvalue weighted by Gasteiger charge is 2.58. The lowest BCUT2D eigenvalue weighted by Gasteiger charge is -2.58. The molecule has 0 spiro atoms. The summed E-state index contributed by atoms with van der Waals surface area (Å²) in [7, 11) is 0. The molecule has 0 aromatic carbocycles. The minimum Gasteiger partial charge on any atom is -0.446 e. The molecule has 37 heavy (non-hydrogen) atoms. The number of rotatable bonds is 9. The van der Waals surface area contributed by atoms with Crippen LogP contribution in [0.25, 0.3) is 0 Å². The van der Waals surface area contributed by atoms with Gasteiger partial charge in [-0.05, 0) is 112 Å². The van der Waals surface area contributed by atoms with Gasteiger partial charge in [-0.1, -0.05) is 65.5 Å². The van der Waals surface area contributed by atoms with Crippen molar-refractivity contribution in [3.63, 3.8) is 0 Å². The highest BCUT2D eigenvalue weighted by atomic mass is 16.6. The molecule has 3 saturated carbocycles. The summed E-state index contributed by atoms with van der Waals surface area (Å²) in [4.78, 5) is 12.4. The molecule has 4 nitrogen and oxygen atoms in total. The van der Waals surface area contributed by atoms with E-state index in [0.717, 1.165) is 54.8 Å². The third-order valence-electron chi connectivity index (χ3n) is 11.8. The topological polar surface area (TPSA) is 64.3 Å². The summed E-state index contributed by atoms with van der Waals surface area (Å²) in [6.07, 6.45) is 17.9. The average molecular weight is 515 g/mol. The highest BCUT2D eigenvalue weighted by Crippen LogP contribution is 2.66. The molecule has 0 heterocycles. The SMILES string of the molecule is CC[C@H](CCCC1CCC2C3CC=C4CC(OC(=O)NCC(C)(C)N)CCC4(C)C3CCC12C)C(C)C. The molecule has 0 radical (unpaired) electrons. The van der Waals surface area contributed by atoms with Gasteiger partial charge in [-0.15, -0.1) is 0 Å². The molecule has 0 aromatic heterocycles. The predicted octanol–water partition coefficient (Wildman–Crippen LogP) is 8.25. The van der Waals surface area contributed by atoms with Gasteiger partial charge in [0.05, 0.1) is 0 Å². The van der Waals surface area contributed by atoms with E-state index in [4.69, 9.17) is 10.5 Å². The second-order valence-corrected chi connectivity index (χ2v) is 15.0. The quantitative estimate of drug-likeness (QED) is 0.304. The van der Waals surface area contributed by atoms with Gasteiger partial charge < -0.3 is 15.8 Å². The van der Waals surface area contributed by atoms with Crippen LogP contribution in [-0.4, -0.2) is 24.3 Å². The van der Waals surface area contributed by atoms with Crippen LogP contribution in [0.2, 0.25) is 0 Å². The number of hydrogen-bond acceptors (Lipinski definition) is 3. The maximum Gasteiger partial charge on any atom is 0.407 e. The zero-order valence-corrected chi connectivity index (χ0v) is 25.2. The Morgan fingerprint density at radius 2 is 1.92 bits per heavy atom. The number of alkyl carbamates (subject to hydrolysis) is 1. The molecule has 0 aliphatic heterocycles. The van der Waals surface area contributed by atoms with Crippen molar-refractivity contribution in [3.8, 4) is 0 Å². The second kappa shape index (κ2) is 11.2. The normalized spacial score (nSPS) is 38.3. The lowest BCUT2D eigenvalue weighted by molar-refractivity contribution is -0.0520. The summed E-state index contributed by atoms with van der Waals surface area (Å²) < 4.78 is 5.85. The maximum absolute atomic E-state index is 12.4. The lowest BCUT2D eigenvalue weighted by atomic mass is 9.47. The molecule has 0 aromatic rings. The van der Waals surface area contributed by atoms with Gasteiger partial charge in [-0.3, -0.25) is 0 Å². The first-order valence-corrected chi connectivity index (χ1v) is 15.8. The van der Waals surface area contributed by atoms with Crippen molar-refractivity contribution in [2.24, 2.45) is 52.1 Å². The van der Waals surface area contributed by atoms with Crippen molar-refractivity contribution >= 4 is 6.09 Å². The molecule has 4 aliphatic carbocycles. The van der Waals surface area contributed by atoms with Crippen molar-refractivity contribution < 1.29 is 9.53 Å². The molecule has 3 N–H and O–H groups in total. The first-order valence-electron chi connectivity index (χ1n) is 15.8. The van der Waals surface area contributed by atoms with Gasteiger partial charge in [-0.2, -0.15) is 0 Å². The molecule has 3 fully saturated rings. The Bertz CT molecular complexity index is 829. The van der Waals surface area contributed by atoms with Crippen molar-refractivity contribution in [3.05, 3.63) is 11.6 Å². The Hall–Kier alpha value is -1.03. The summed E-state index contributed by atoms with van der Waals surface area (Å²) in [5.41, 5.74) is 8.01. The Balaban J connectivity index is 1.36. The van der Waals surface area contributed by atoms with E-state index in [1.165, 1.54) is 57.8 Å². The van der Waals surface area contributed by atoms with E-state index in [0.29, 0.717) is 17.4 Å². The fraction of sp³-hybridized carbons (Fsp3) is 0.909. The van der Waals surface area contributed by atoms with Gasteiger partial charge in [0.1, 0.15) is 6.10 Å². The zero-order chi connectivity index (χ0) is 27.0. The molecule has 4 heteroatoms. The van der Waals surface area contributed by atoms with E-state index in [-0.39, 0.29) is 12.2 Å². The third-order valence-corrected chi connectivity index (χ3v) is 11.8. The van der Waals surface area contributed by atoms with Crippen LogP contribution >= 0.6 is 0 Å². The Labute approximate surface area is 228 Å². The van der Waals surface area contributed by atoms with Crippen molar-refractivity contribution in [2.75, 3.05) is 6.54 Å². The fourth-order valence-electron chi connectivity index (χ4n) is 9.44. The van der Waals surface area contributed by atoms with Gasteiger partial charge in [0.15, 0.2) is 0 Å². The van der Waals surface area contributed by atoms with Crippen LogP contribution in [0.5, 0.6) is 0 Å². The summed E-state index contributed by atoms with van der Waals surface area (Å²) in [5, 5.41) is 2.85. The predicted molar refractivity (Wildman–Crippen MR) is 154 cm³/mol. The first kappa shape index (κ1) is 29.0. The van der Waals surface area contributed by atoms with Crippen LogP contribution in [0, 0.1) is 46.3 Å². The van der Waals surface area contributed by atoms with E-state index < -0.39 is 5.54 Å². The summed E-state index contributed by atoms with van der Waals surface area (Å²) in [5.74, 6) is 5.22. The number of allylic oxidation sites excluding steroid dienone is 1. The number of amides is 1. The Kier molecular flexibility index (Phi) is 8.78. The van der Waals surface area contributed by atoms with E-state index >= 15 is 0 Å². The van der Waals surface area contributed by atoms with Crippen LogP contribution in [0.15, 0.2) is 11.6 Å². The Morgan fingerprint density at radius 3 is 2.59 bits per heavy atom. The van der Waals surface area contributed by atoms with E-state index in [9.17, 15) is 4.79 Å². The van der Waals surface area contributed by atoms with Crippen molar-refractivity contribution in [2.45, 2.75) is 137 Å². The van der Waals surface area contributed by atoms with Crippen LogP contribution in [0.3, 0.4) is 0 Å². The first-order chi connectivity index (χ1) is 17.4. The standard InChI is InChI=1S/C33H58N2O2/c1-8-23(22(2)3)10-9-11-24-13-15-28-27-14-12-25-20-26(37-30(36)35-21-31(4,5)34)16-18-33(25,7)29(27)17-19-32(24,28)6/h12,22-24,26-29H,8-11,13-21,34H2,1-7H3,(H,35,36)/t23-,24?,26?,27?,28?,29?,32?,33?/m1/s1. The molecular formula is C33H58N2O2. The van der Waals surface area contributed by atoms with E-state index in [1.807, 2.05) is 13.8 Å². The average Bonchev–Trinajstić information content (AvgIpc) is 3.16. The highest BCUT2D eigenvalue weighted by molar-refractivity contribution is 5.67. The van der Waals surface area contributed by atoms with Crippen molar-refractivity contribution in [1.82, 2.24) is 5.32 Å². The van der Waals surface area contributed by atoms with Gasteiger partial charge in [0.25, 0.3) is 0 Å². The number of ether oxygens (including phenoxy) is 1. The number of nitrogens with one attached hydrogen (secondary N) is 1. The summed E-state index contributed by atoms with van der Waals surface area (Å²) in [6, 6.07) is 0. The number of carbonyl (C=O) groups is 1. The largest absolute Gasteiger partial charge is 0.446 e. The molecule has 7 unspecified atom stereocenters. The summed E-state index contributed by atoms with van der Waals surface area (Å²) >= 11 is 0. The van der Waals surface area contributed by atoms with E-state index in [1.54, 1.807) is 5.57 Å². The molecular weight excluding hydrogens is 456 g/mol. The molecule has 1 amide bonds. The number of nitrogens with two attached hydrogens (primary N) is 1. The van der Waals surface area contributed by atoms with Gasteiger partial charge >= 0.3 is 6.09 Å². The number of fused-ring (bicyclic) bond motifs is 5. The minimum atomic E-state index is -0.425. The molecule has 4 aliphatic rings. The molecule has 8 atom stereocenters. The van der Waals surface area contributed by atoms with Crippen LogP contribution in [0.4, 0.5) is 4.79 Å². The van der Waals surface area contributed by atoms with Gasteiger partial charge in [-0.25, -0.2) is 4.79 Å². The monoisotopic (exact) mass is 514 g/mol. The van der Waals surface area contributed by atoms with Gasteiger partial charge in [0, 0.05) is 18.5 Å². The smallest absolute Gasteiger partial charge is 0.407 e. The fourth-order valence-corrected chi connectivity index (χ4v) is 9.44. The van der Waals surface area contributed by atoms with Crippen molar-refractivity contribution in [1.29, 1.82) is 0 Å². The zero-order valence-electron chi connectivity index (χ0n) is 25.2. The molecule has 0 saturated heterocycles. The van der Waals surface area contributed by atoms with Crippen LogP contribution < -0.4 is 11.1 Å². The third kappa shape index (κ3) is 6.10. The second-order valence-electron chi connectivity index (χ2n) is 15.0. The molecule has 4 rings (SSSR count). The number of hydrogen-bond donors (Lipinski definition) is 2. The van der Waals surface area contributed by atoms with Gasteiger partial charge in [0.2, 0.25) is 0 Å². The van der Waals surface area contributed by atoms with E-state index in [2.05, 4.69) is 46.0 Å². The minimum absolute atomic E-state index is 0.000681.